The van der Waals surface area contributed by atoms with E-state index in [0.29, 0.717) is 0 Å². The van der Waals surface area contributed by atoms with E-state index in [0.717, 1.165) is 28.9 Å². The molecule has 164 valence electrons. The fraction of sp³-hybridized carbons (Fsp3) is 0.400. The van der Waals surface area contributed by atoms with Crippen LogP contribution in [0, 0.1) is 6.92 Å². The first-order valence-corrected chi connectivity index (χ1v) is 10.7. The first-order chi connectivity index (χ1) is 14.7. The van der Waals surface area contributed by atoms with Gasteiger partial charge in [0.1, 0.15) is 11.8 Å². The largest absolute Gasteiger partial charge is 0.497 e. The van der Waals surface area contributed by atoms with Crippen LogP contribution in [0.5, 0.6) is 5.75 Å². The molecular formula is C25H32N4O2. The number of hydrogen-bond acceptors (Lipinski definition) is 4. The van der Waals surface area contributed by atoms with Gasteiger partial charge in [0.15, 0.2) is 0 Å². The van der Waals surface area contributed by atoms with Crippen molar-refractivity contribution >= 4 is 33.8 Å². The van der Waals surface area contributed by atoms with E-state index in [4.69, 9.17) is 4.74 Å². The van der Waals surface area contributed by atoms with Crippen molar-refractivity contribution in [3.05, 3.63) is 47.2 Å². The fourth-order valence-electron chi connectivity index (χ4n) is 4.94. The zero-order valence-electron chi connectivity index (χ0n) is 19.5. The van der Waals surface area contributed by atoms with Gasteiger partial charge in [0.05, 0.1) is 18.1 Å². The molecule has 3 aromatic rings. The van der Waals surface area contributed by atoms with Crippen molar-refractivity contribution in [1.82, 2.24) is 19.7 Å². The maximum Gasteiger partial charge on any atom is 0.247 e. The van der Waals surface area contributed by atoms with Crippen LogP contribution in [0.15, 0.2) is 30.5 Å². The van der Waals surface area contributed by atoms with Crippen LogP contribution in [0.4, 0.5) is 0 Å². The molecule has 0 saturated carbocycles. The molecular weight excluding hydrogens is 388 g/mol. The Labute approximate surface area is 184 Å². The third kappa shape index (κ3) is 3.55. The number of methoxy groups -OCH3 is 1. The number of carbonyl (C=O) groups excluding carboxylic acids is 1. The summed E-state index contributed by atoms with van der Waals surface area (Å²) in [6.07, 6.45) is 4.13. The molecule has 6 heteroatoms. The van der Waals surface area contributed by atoms with Gasteiger partial charge in [0, 0.05) is 49.7 Å². The number of benzene rings is 2. The standard InChI is InChI=1S/C25H32N4O2/c1-15(14-27(3)4)26-25(30)24-20-13-21-19-9-8-17(31-7)12-22(19)29(6)23(21)16(2)18(20)10-11-28(24)5/h8-13,15,24H,14H2,1-7H3,(H,26,30)/t15-,24?/m1/s1. The lowest BCUT2D eigenvalue weighted by Gasteiger charge is -2.33. The normalized spacial score (nSPS) is 16.8. The molecule has 0 aliphatic carbocycles. The van der Waals surface area contributed by atoms with Crippen molar-refractivity contribution in [2.75, 3.05) is 34.8 Å². The SMILES string of the molecule is COc1ccc2c3cc4c(c(C)c3n(C)c2c1)C=CN(C)C4C(=O)N[C@H](C)CN(C)C. The number of amides is 1. The molecule has 2 heterocycles. The molecule has 6 nitrogen and oxygen atoms in total. The molecule has 1 amide bonds. The lowest BCUT2D eigenvalue weighted by atomic mass is 9.90. The highest BCUT2D eigenvalue weighted by Gasteiger charge is 2.31. The molecule has 1 aliphatic heterocycles. The summed E-state index contributed by atoms with van der Waals surface area (Å²) >= 11 is 0. The molecule has 31 heavy (non-hydrogen) atoms. The summed E-state index contributed by atoms with van der Waals surface area (Å²) in [4.78, 5) is 17.4. The van der Waals surface area contributed by atoms with Crippen molar-refractivity contribution < 1.29 is 9.53 Å². The summed E-state index contributed by atoms with van der Waals surface area (Å²) in [6, 6.07) is 8.09. The van der Waals surface area contributed by atoms with E-state index in [-0.39, 0.29) is 18.0 Å². The van der Waals surface area contributed by atoms with Crippen molar-refractivity contribution in [3.63, 3.8) is 0 Å². The highest BCUT2D eigenvalue weighted by atomic mass is 16.5. The van der Waals surface area contributed by atoms with Crippen LogP contribution in [-0.2, 0) is 11.8 Å². The molecule has 2 atom stereocenters. The zero-order chi connectivity index (χ0) is 22.4. The van der Waals surface area contributed by atoms with E-state index in [2.05, 4.69) is 53.0 Å². The van der Waals surface area contributed by atoms with Crippen LogP contribution in [-0.4, -0.2) is 61.1 Å². The second kappa shape index (κ2) is 7.93. The number of nitrogens with one attached hydrogen (secondary N) is 1. The summed E-state index contributed by atoms with van der Waals surface area (Å²) in [7, 11) is 9.78. The van der Waals surface area contributed by atoms with Gasteiger partial charge in [-0.05, 0) is 68.9 Å². The smallest absolute Gasteiger partial charge is 0.247 e. The quantitative estimate of drug-likeness (QED) is 0.684. The minimum atomic E-state index is -0.360. The van der Waals surface area contributed by atoms with Crippen LogP contribution in [0.25, 0.3) is 27.9 Å². The number of fused-ring (bicyclic) bond motifs is 4. The van der Waals surface area contributed by atoms with Gasteiger partial charge in [0.25, 0.3) is 0 Å². The zero-order valence-corrected chi connectivity index (χ0v) is 19.5. The molecule has 0 radical (unpaired) electrons. The van der Waals surface area contributed by atoms with Crippen molar-refractivity contribution in [3.8, 4) is 5.75 Å². The lowest BCUT2D eigenvalue weighted by molar-refractivity contribution is -0.126. The van der Waals surface area contributed by atoms with Crippen LogP contribution < -0.4 is 10.1 Å². The minimum Gasteiger partial charge on any atom is -0.497 e. The molecule has 0 bridgehead atoms. The third-order valence-electron chi connectivity index (χ3n) is 6.27. The van der Waals surface area contributed by atoms with E-state index >= 15 is 0 Å². The van der Waals surface area contributed by atoms with Gasteiger partial charge < -0.3 is 24.4 Å². The van der Waals surface area contributed by atoms with Gasteiger partial charge in [-0.3, -0.25) is 4.79 Å². The van der Waals surface area contributed by atoms with Gasteiger partial charge >= 0.3 is 0 Å². The predicted octanol–water partition coefficient (Wildman–Crippen LogP) is 3.67. The van der Waals surface area contributed by atoms with Gasteiger partial charge in [-0.2, -0.15) is 0 Å². The van der Waals surface area contributed by atoms with Gasteiger partial charge in [-0.1, -0.05) is 0 Å². The van der Waals surface area contributed by atoms with E-state index in [1.807, 2.05) is 45.2 Å². The predicted molar refractivity (Wildman–Crippen MR) is 127 cm³/mol. The topological polar surface area (TPSA) is 49.7 Å². The van der Waals surface area contributed by atoms with Gasteiger partial charge in [0.2, 0.25) is 5.91 Å². The van der Waals surface area contributed by atoms with Crippen LogP contribution in [0.3, 0.4) is 0 Å². The fourth-order valence-corrected chi connectivity index (χ4v) is 4.94. The Kier molecular flexibility index (Phi) is 5.43. The number of rotatable bonds is 5. The van der Waals surface area contributed by atoms with Crippen molar-refractivity contribution in [2.24, 2.45) is 7.05 Å². The molecule has 0 saturated heterocycles. The first-order valence-electron chi connectivity index (χ1n) is 10.7. The monoisotopic (exact) mass is 420 g/mol. The second-order valence-corrected chi connectivity index (χ2v) is 8.90. The summed E-state index contributed by atoms with van der Waals surface area (Å²) < 4.78 is 7.67. The molecule has 2 aromatic carbocycles. The Balaban J connectivity index is 1.87. The van der Waals surface area contributed by atoms with E-state index in [1.54, 1.807) is 7.11 Å². The molecule has 1 aromatic heterocycles. The lowest BCUT2D eigenvalue weighted by Crippen LogP contribution is -2.45. The van der Waals surface area contributed by atoms with Crippen LogP contribution >= 0.6 is 0 Å². The number of likely N-dealkylation sites (N-methyl/N-ethyl adjacent to an activating group) is 2. The molecule has 0 fully saturated rings. The summed E-state index contributed by atoms with van der Waals surface area (Å²) in [5.74, 6) is 0.871. The van der Waals surface area contributed by atoms with Gasteiger partial charge in [-0.15, -0.1) is 0 Å². The van der Waals surface area contributed by atoms with Crippen molar-refractivity contribution in [2.45, 2.75) is 25.9 Å². The molecule has 1 N–H and O–H groups in total. The first kappa shape index (κ1) is 21.2. The second-order valence-electron chi connectivity index (χ2n) is 8.90. The van der Waals surface area contributed by atoms with Crippen LogP contribution in [0.2, 0.25) is 0 Å². The van der Waals surface area contributed by atoms with E-state index < -0.39 is 0 Å². The molecule has 1 aliphatic rings. The van der Waals surface area contributed by atoms with E-state index in [1.165, 1.54) is 21.9 Å². The maximum atomic E-state index is 13.3. The highest BCUT2D eigenvalue weighted by molar-refractivity contribution is 6.11. The Morgan fingerprint density at radius 1 is 1.23 bits per heavy atom. The van der Waals surface area contributed by atoms with Gasteiger partial charge in [-0.25, -0.2) is 0 Å². The Morgan fingerprint density at radius 3 is 2.65 bits per heavy atom. The Morgan fingerprint density at radius 2 is 1.97 bits per heavy atom. The summed E-state index contributed by atoms with van der Waals surface area (Å²) in [5.41, 5.74) is 5.68. The average molecular weight is 421 g/mol. The number of hydrogen-bond donors (Lipinski definition) is 1. The Hall–Kier alpha value is -2.99. The maximum absolute atomic E-state index is 13.3. The summed E-state index contributed by atoms with van der Waals surface area (Å²) in [6.45, 7) is 4.99. The van der Waals surface area contributed by atoms with E-state index in [9.17, 15) is 4.79 Å². The average Bonchev–Trinajstić information content (AvgIpc) is 2.98. The highest BCUT2D eigenvalue weighted by Crippen LogP contribution is 2.40. The number of aromatic nitrogens is 1. The third-order valence-corrected chi connectivity index (χ3v) is 6.27. The van der Waals surface area contributed by atoms with Crippen LogP contribution in [0.1, 0.15) is 29.7 Å². The van der Waals surface area contributed by atoms with Crippen molar-refractivity contribution in [1.29, 1.82) is 0 Å². The summed E-state index contributed by atoms with van der Waals surface area (Å²) in [5, 5.41) is 5.53. The Bertz CT molecular complexity index is 1190. The number of carbonyl (C=O) groups is 1. The number of ether oxygens (including phenoxy) is 1. The number of aryl methyl sites for hydroxylation is 2. The number of nitrogens with zero attached hydrogens (tertiary/aromatic N) is 3. The molecule has 0 spiro atoms. The molecule has 4 rings (SSSR count). The minimum absolute atomic E-state index is 0.0307. The molecule has 1 unspecified atom stereocenters.